The van der Waals surface area contributed by atoms with E-state index in [2.05, 4.69) is 10.3 Å². The van der Waals surface area contributed by atoms with Crippen LogP contribution in [0.1, 0.15) is 28.4 Å². The van der Waals surface area contributed by atoms with Crippen molar-refractivity contribution in [2.24, 2.45) is 0 Å². The van der Waals surface area contributed by atoms with E-state index in [1.165, 1.54) is 0 Å². The number of nitrogens with zero attached hydrogens (tertiary/aromatic N) is 1. The summed E-state index contributed by atoms with van der Waals surface area (Å²) < 4.78 is 5.73. The summed E-state index contributed by atoms with van der Waals surface area (Å²) >= 11 is 6.09. The molecule has 0 radical (unpaired) electrons. The average molecular weight is 303 g/mol. The quantitative estimate of drug-likeness (QED) is 0.922. The van der Waals surface area contributed by atoms with Crippen molar-refractivity contribution in [3.8, 4) is 5.75 Å². The number of pyridine rings is 1. The number of hydrogen-bond acceptors (Lipinski definition) is 3. The summed E-state index contributed by atoms with van der Waals surface area (Å²) in [5.41, 5.74) is 2.45. The zero-order chi connectivity index (χ0) is 15.0. The maximum Gasteiger partial charge on any atom is 0.260 e. The number of aromatic nitrogens is 1. The van der Waals surface area contributed by atoms with E-state index >= 15 is 0 Å². The van der Waals surface area contributed by atoms with Crippen LogP contribution in [-0.4, -0.2) is 17.0 Å². The van der Waals surface area contributed by atoms with Crippen molar-refractivity contribution >= 4 is 23.3 Å². The Hall–Kier alpha value is -2.07. The van der Waals surface area contributed by atoms with E-state index in [0.717, 1.165) is 17.5 Å². The van der Waals surface area contributed by atoms with E-state index in [1.807, 2.05) is 26.0 Å². The van der Waals surface area contributed by atoms with E-state index in [9.17, 15) is 4.79 Å². The Morgan fingerprint density at radius 1 is 1.43 bits per heavy atom. The molecule has 4 nitrogen and oxygen atoms in total. The van der Waals surface area contributed by atoms with Crippen molar-refractivity contribution in [2.75, 3.05) is 5.32 Å². The Morgan fingerprint density at radius 3 is 2.95 bits per heavy atom. The third kappa shape index (κ3) is 2.85. The molecule has 21 heavy (non-hydrogen) atoms. The summed E-state index contributed by atoms with van der Waals surface area (Å²) in [4.78, 5) is 16.6. The predicted molar refractivity (Wildman–Crippen MR) is 82.2 cm³/mol. The van der Waals surface area contributed by atoms with Gasteiger partial charge in [-0.05, 0) is 37.6 Å². The van der Waals surface area contributed by atoms with Crippen LogP contribution in [0.5, 0.6) is 5.75 Å². The number of carbonyl (C=O) groups is 1. The molecule has 0 saturated heterocycles. The molecule has 0 saturated carbocycles. The Balaban J connectivity index is 1.90. The lowest BCUT2D eigenvalue weighted by Crippen LogP contribution is -2.15. The highest BCUT2D eigenvalue weighted by Crippen LogP contribution is 2.35. The molecule has 0 fully saturated rings. The van der Waals surface area contributed by atoms with Gasteiger partial charge in [-0.2, -0.15) is 0 Å². The summed E-state index contributed by atoms with van der Waals surface area (Å²) in [5, 5.41) is 3.30. The van der Waals surface area contributed by atoms with Crippen molar-refractivity contribution in [3.05, 3.63) is 52.2 Å². The minimum atomic E-state index is -0.265. The summed E-state index contributed by atoms with van der Waals surface area (Å²) in [6, 6.07) is 7.13. The Morgan fingerprint density at radius 2 is 2.24 bits per heavy atom. The van der Waals surface area contributed by atoms with Crippen LogP contribution in [0.3, 0.4) is 0 Å². The zero-order valence-electron chi connectivity index (χ0n) is 11.8. The summed E-state index contributed by atoms with van der Waals surface area (Å²) in [7, 11) is 0. The Bertz CT molecular complexity index is 698. The van der Waals surface area contributed by atoms with Gasteiger partial charge in [-0.1, -0.05) is 17.7 Å². The van der Waals surface area contributed by atoms with Crippen LogP contribution in [0.25, 0.3) is 0 Å². The van der Waals surface area contributed by atoms with Crippen molar-refractivity contribution in [3.63, 3.8) is 0 Å². The SMILES string of the molecule is Cc1ccc(NC(=O)c2cc(Cl)cc3c2O[C@@H](C)C3)nc1. The zero-order valence-corrected chi connectivity index (χ0v) is 12.6. The third-order valence-corrected chi connectivity index (χ3v) is 3.57. The maximum absolute atomic E-state index is 12.4. The van der Waals surface area contributed by atoms with Crippen molar-refractivity contribution in [1.82, 2.24) is 4.98 Å². The molecule has 1 aromatic heterocycles. The molecule has 2 aromatic rings. The standard InChI is InChI=1S/C16H15ClN2O2/c1-9-3-4-14(18-8-9)19-16(20)13-7-12(17)6-11-5-10(2)21-15(11)13/h3-4,6-8,10H,5H2,1-2H3,(H,18,19,20)/t10-/m0/s1. The van der Waals surface area contributed by atoms with Gasteiger partial charge in [0.25, 0.3) is 5.91 Å². The van der Waals surface area contributed by atoms with Crippen LogP contribution >= 0.6 is 11.6 Å². The second-order valence-corrected chi connectivity index (χ2v) is 5.69. The Labute approximate surface area is 128 Å². The lowest BCUT2D eigenvalue weighted by Gasteiger charge is -2.10. The van der Waals surface area contributed by atoms with E-state index in [-0.39, 0.29) is 12.0 Å². The van der Waals surface area contributed by atoms with Gasteiger partial charge in [-0.3, -0.25) is 4.79 Å². The second kappa shape index (κ2) is 5.37. The van der Waals surface area contributed by atoms with Gasteiger partial charge >= 0.3 is 0 Å². The van der Waals surface area contributed by atoms with Gasteiger partial charge in [0.05, 0.1) is 5.56 Å². The van der Waals surface area contributed by atoms with Crippen LogP contribution in [0.2, 0.25) is 5.02 Å². The van der Waals surface area contributed by atoms with Gasteiger partial charge in [0, 0.05) is 23.2 Å². The number of anilines is 1. The average Bonchev–Trinajstić information content (AvgIpc) is 2.80. The summed E-state index contributed by atoms with van der Waals surface area (Å²) in [5.74, 6) is 0.862. The molecule has 0 bridgehead atoms. The van der Waals surface area contributed by atoms with Gasteiger partial charge in [0.15, 0.2) is 0 Å². The van der Waals surface area contributed by atoms with Gasteiger partial charge < -0.3 is 10.1 Å². The van der Waals surface area contributed by atoms with Crippen molar-refractivity contribution in [2.45, 2.75) is 26.4 Å². The molecule has 1 aliphatic rings. The number of aryl methyl sites for hydroxylation is 1. The van der Waals surface area contributed by atoms with Crippen LogP contribution in [0, 0.1) is 6.92 Å². The first-order valence-corrected chi connectivity index (χ1v) is 7.14. The van der Waals surface area contributed by atoms with Crippen molar-refractivity contribution < 1.29 is 9.53 Å². The predicted octanol–water partition coefficient (Wildman–Crippen LogP) is 3.62. The van der Waals surface area contributed by atoms with E-state index in [4.69, 9.17) is 16.3 Å². The summed E-state index contributed by atoms with van der Waals surface area (Å²) in [6.45, 7) is 3.91. The molecular weight excluding hydrogens is 288 g/mol. The molecule has 1 aromatic carbocycles. The number of benzene rings is 1. The molecule has 0 unspecified atom stereocenters. The lowest BCUT2D eigenvalue weighted by molar-refractivity contribution is 0.102. The number of nitrogens with one attached hydrogen (secondary N) is 1. The molecule has 1 aliphatic heterocycles. The normalized spacial score (nSPS) is 16.2. The number of hydrogen-bond donors (Lipinski definition) is 1. The van der Waals surface area contributed by atoms with E-state index in [1.54, 1.807) is 18.3 Å². The first kappa shape index (κ1) is 13.9. The van der Waals surface area contributed by atoms with Crippen molar-refractivity contribution in [1.29, 1.82) is 0 Å². The number of rotatable bonds is 2. The molecule has 108 valence electrons. The highest BCUT2D eigenvalue weighted by Gasteiger charge is 2.26. The monoisotopic (exact) mass is 302 g/mol. The smallest absolute Gasteiger partial charge is 0.260 e. The minimum absolute atomic E-state index is 0.0579. The van der Waals surface area contributed by atoms with E-state index < -0.39 is 0 Å². The largest absolute Gasteiger partial charge is 0.489 e. The highest BCUT2D eigenvalue weighted by atomic mass is 35.5. The molecule has 5 heteroatoms. The van der Waals surface area contributed by atoms with Crippen LogP contribution in [-0.2, 0) is 6.42 Å². The first-order chi connectivity index (χ1) is 10.0. The van der Waals surface area contributed by atoms with Crippen LogP contribution in [0.15, 0.2) is 30.5 Å². The van der Waals surface area contributed by atoms with Crippen LogP contribution < -0.4 is 10.1 Å². The number of carbonyl (C=O) groups excluding carboxylic acids is 1. The number of amides is 1. The number of ether oxygens (including phenoxy) is 1. The second-order valence-electron chi connectivity index (χ2n) is 5.25. The van der Waals surface area contributed by atoms with Gasteiger partial charge in [0.1, 0.15) is 17.7 Å². The third-order valence-electron chi connectivity index (χ3n) is 3.35. The number of halogens is 1. The van der Waals surface area contributed by atoms with Gasteiger partial charge in [-0.15, -0.1) is 0 Å². The molecule has 1 atom stereocenters. The van der Waals surface area contributed by atoms with Gasteiger partial charge in [-0.25, -0.2) is 4.98 Å². The highest BCUT2D eigenvalue weighted by molar-refractivity contribution is 6.31. The molecule has 0 aliphatic carbocycles. The minimum Gasteiger partial charge on any atom is -0.489 e. The molecule has 2 heterocycles. The summed E-state index contributed by atoms with van der Waals surface area (Å²) in [6.07, 6.45) is 2.53. The molecule has 3 rings (SSSR count). The topological polar surface area (TPSA) is 51.2 Å². The fourth-order valence-corrected chi connectivity index (χ4v) is 2.63. The lowest BCUT2D eigenvalue weighted by atomic mass is 10.1. The fourth-order valence-electron chi connectivity index (χ4n) is 2.39. The maximum atomic E-state index is 12.4. The fraction of sp³-hybridized carbons (Fsp3) is 0.250. The molecular formula is C16H15ClN2O2. The van der Waals surface area contributed by atoms with Gasteiger partial charge in [0.2, 0.25) is 0 Å². The molecule has 1 N–H and O–H groups in total. The Kier molecular flexibility index (Phi) is 3.55. The van der Waals surface area contributed by atoms with Crippen LogP contribution in [0.4, 0.5) is 5.82 Å². The number of fused-ring (bicyclic) bond motifs is 1. The first-order valence-electron chi connectivity index (χ1n) is 6.76. The molecule has 0 spiro atoms. The van der Waals surface area contributed by atoms with E-state index in [0.29, 0.717) is 22.2 Å². The molecule has 1 amide bonds.